The van der Waals surface area contributed by atoms with E-state index in [1.54, 1.807) is 0 Å². The lowest BCUT2D eigenvalue weighted by atomic mass is 10.3. The summed E-state index contributed by atoms with van der Waals surface area (Å²) in [6.45, 7) is 2.50. The highest BCUT2D eigenvalue weighted by atomic mass is 32.2. The van der Waals surface area contributed by atoms with Gasteiger partial charge in [-0.05, 0) is 25.1 Å². The van der Waals surface area contributed by atoms with Gasteiger partial charge in [0.2, 0.25) is 5.91 Å². The number of nitrogens with zero attached hydrogens (tertiary/aromatic N) is 1. The second kappa shape index (κ2) is 7.28. The largest absolute Gasteiger partial charge is 0.549 e. The number of hydrogen-bond donors (Lipinski definition) is 1. The van der Waals surface area contributed by atoms with Crippen LogP contribution in [-0.2, 0) is 9.59 Å². The summed E-state index contributed by atoms with van der Waals surface area (Å²) < 4.78 is 6.32. The van der Waals surface area contributed by atoms with Crippen molar-refractivity contribution in [1.82, 2.24) is 4.98 Å². The third-order valence-corrected chi connectivity index (χ3v) is 4.21. The number of hydrogen-bond acceptors (Lipinski definition) is 7. The Balaban J connectivity index is 1.98. The van der Waals surface area contributed by atoms with Crippen LogP contribution < -0.4 is 15.2 Å². The molecule has 21 heavy (non-hydrogen) atoms. The van der Waals surface area contributed by atoms with Crippen molar-refractivity contribution in [2.75, 3.05) is 23.4 Å². The van der Waals surface area contributed by atoms with E-state index in [9.17, 15) is 14.7 Å². The van der Waals surface area contributed by atoms with Crippen LogP contribution in [0.1, 0.15) is 6.92 Å². The van der Waals surface area contributed by atoms with Crippen molar-refractivity contribution < 1.29 is 19.4 Å². The van der Waals surface area contributed by atoms with Crippen molar-refractivity contribution in [3.8, 4) is 5.75 Å². The number of benzene rings is 1. The molecule has 6 nitrogen and oxygen atoms in total. The van der Waals surface area contributed by atoms with Crippen molar-refractivity contribution in [1.29, 1.82) is 0 Å². The Morgan fingerprint density at radius 2 is 2.24 bits per heavy atom. The zero-order valence-corrected chi connectivity index (χ0v) is 12.9. The predicted molar refractivity (Wildman–Crippen MR) is 81.8 cm³/mol. The zero-order valence-electron chi connectivity index (χ0n) is 11.3. The minimum absolute atomic E-state index is 0.0497. The fourth-order valence-electron chi connectivity index (χ4n) is 1.60. The van der Waals surface area contributed by atoms with Gasteiger partial charge in [0.05, 0.1) is 28.5 Å². The number of aromatic nitrogens is 1. The summed E-state index contributed by atoms with van der Waals surface area (Å²) in [4.78, 5) is 26.2. The van der Waals surface area contributed by atoms with Crippen molar-refractivity contribution in [2.24, 2.45) is 0 Å². The first-order valence-electron chi connectivity index (χ1n) is 6.19. The van der Waals surface area contributed by atoms with E-state index in [2.05, 4.69) is 10.3 Å². The third kappa shape index (κ3) is 4.61. The van der Waals surface area contributed by atoms with Gasteiger partial charge < -0.3 is 20.0 Å². The Kier molecular flexibility index (Phi) is 5.40. The van der Waals surface area contributed by atoms with E-state index in [-0.39, 0.29) is 17.4 Å². The summed E-state index contributed by atoms with van der Waals surface area (Å²) in [5, 5.41) is 13.4. The Hall–Kier alpha value is -1.80. The smallest absolute Gasteiger partial charge is 0.236 e. The molecule has 8 heteroatoms. The summed E-state index contributed by atoms with van der Waals surface area (Å²) in [6, 6.07) is 5.53. The first kappa shape index (κ1) is 15.6. The second-order valence-corrected chi connectivity index (χ2v) is 6.01. The number of anilines is 1. The van der Waals surface area contributed by atoms with Crippen molar-refractivity contribution >= 4 is 50.3 Å². The molecule has 0 radical (unpaired) electrons. The zero-order chi connectivity index (χ0) is 15.2. The lowest BCUT2D eigenvalue weighted by Crippen LogP contribution is -2.25. The van der Waals surface area contributed by atoms with Gasteiger partial charge in [-0.1, -0.05) is 11.3 Å². The van der Waals surface area contributed by atoms with Crippen molar-refractivity contribution in [3.63, 3.8) is 0 Å². The summed E-state index contributed by atoms with van der Waals surface area (Å²) in [5.74, 6) is -0.864. The number of ether oxygens (including phenoxy) is 1. The molecule has 0 unspecified atom stereocenters. The van der Waals surface area contributed by atoms with Gasteiger partial charge in [0.1, 0.15) is 5.75 Å². The highest BCUT2D eigenvalue weighted by Gasteiger charge is 2.08. The first-order valence-corrected chi connectivity index (χ1v) is 8.16. The van der Waals surface area contributed by atoms with Crippen molar-refractivity contribution in [2.45, 2.75) is 6.92 Å². The maximum Gasteiger partial charge on any atom is 0.236 e. The predicted octanol–water partition coefficient (Wildman–Crippen LogP) is 1.12. The van der Waals surface area contributed by atoms with Crippen LogP contribution in [0.2, 0.25) is 0 Å². The van der Waals surface area contributed by atoms with Gasteiger partial charge in [-0.3, -0.25) is 4.79 Å². The normalized spacial score (nSPS) is 10.5. The van der Waals surface area contributed by atoms with Gasteiger partial charge in [0.15, 0.2) is 5.13 Å². The van der Waals surface area contributed by atoms with Gasteiger partial charge in [0, 0.05) is 5.75 Å². The number of amides is 1. The highest BCUT2D eigenvalue weighted by molar-refractivity contribution is 8.00. The monoisotopic (exact) mass is 325 g/mol. The summed E-state index contributed by atoms with van der Waals surface area (Å²) >= 11 is 2.33. The molecule has 0 aliphatic carbocycles. The fourth-order valence-corrected chi connectivity index (χ4v) is 3.03. The average molecular weight is 325 g/mol. The molecule has 0 saturated carbocycles. The van der Waals surface area contributed by atoms with Crippen LogP contribution in [0.4, 0.5) is 5.13 Å². The van der Waals surface area contributed by atoms with Crippen LogP contribution >= 0.6 is 23.1 Å². The minimum atomic E-state index is -1.18. The molecule has 0 atom stereocenters. The number of carbonyl (C=O) groups is 2. The van der Waals surface area contributed by atoms with Gasteiger partial charge in [-0.25, -0.2) is 4.98 Å². The van der Waals surface area contributed by atoms with E-state index in [4.69, 9.17) is 4.74 Å². The number of rotatable bonds is 7. The second-order valence-electron chi connectivity index (χ2n) is 3.99. The lowest BCUT2D eigenvalue weighted by Gasteiger charge is -2.02. The molecule has 1 aromatic heterocycles. The van der Waals surface area contributed by atoms with E-state index in [0.717, 1.165) is 27.7 Å². The molecular formula is C13H13N2O4S2-. The van der Waals surface area contributed by atoms with E-state index < -0.39 is 5.97 Å². The minimum Gasteiger partial charge on any atom is -0.549 e. The van der Waals surface area contributed by atoms with E-state index in [0.29, 0.717) is 11.7 Å². The molecule has 0 spiro atoms. The summed E-state index contributed by atoms with van der Waals surface area (Å²) in [7, 11) is 0. The van der Waals surface area contributed by atoms with Gasteiger partial charge in [-0.2, -0.15) is 0 Å². The average Bonchev–Trinajstić information content (AvgIpc) is 2.80. The molecular weight excluding hydrogens is 312 g/mol. The Labute approximate surface area is 129 Å². The first-order chi connectivity index (χ1) is 10.1. The van der Waals surface area contributed by atoms with E-state index >= 15 is 0 Å². The number of aliphatic carboxylic acids is 1. The molecule has 1 amide bonds. The quantitative estimate of drug-likeness (QED) is 0.820. The number of thiazole rings is 1. The number of thioether (sulfide) groups is 1. The van der Waals surface area contributed by atoms with Crippen LogP contribution in [0.15, 0.2) is 18.2 Å². The van der Waals surface area contributed by atoms with Crippen LogP contribution in [0.25, 0.3) is 10.2 Å². The topological polar surface area (TPSA) is 91.3 Å². The van der Waals surface area contributed by atoms with Gasteiger partial charge in [0.25, 0.3) is 0 Å². The molecule has 2 aromatic rings. The lowest BCUT2D eigenvalue weighted by molar-refractivity contribution is -0.301. The van der Waals surface area contributed by atoms with Gasteiger partial charge in [-0.15, -0.1) is 11.8 Å². The van der Waals surface area contributed by atoms with Crippen LogP contribution in [0, 0.1) is 0 Å². The molecule has 1 heterocycles. The molecule has 0 aliphatic rings. The number of carboxylic acids is 1. The van der Waals surface area contributed by atoms with Crippen molar-refractivity contribution in [3.05, 3.63) is 18.2 Å². The number of carboxylic acid groups (broad SMARTS) is 1. The maximum atomic E-state index is 11.6. The molecule has 112 valence electrons. The SMILES string of the molecule is CCOc1ccc2nc(NC(=O)CSCC(=O)[O-])sc2c1. The highest BCUT2D eigenvalue weighted by Crippen LogP contribution is 2.29. The molecule has 0 fully saturated rings. The van der Waals surface area contributed by atoms with Gasteiger partial charge >= 0.3 is 0 Å². The Morgan fingerprint density at radius 1 is 1.43 bits per heavy atom. The third-order valence-electron chi connectivity index (χ3n) is 2.37. The molecule has 0 bridgehead atoms. The molecule has 0 aliphatic heterocycles. The summed E-state index contributed by atoms with van der Waals surface area (Å²) in [5.41, 5.74) is 0.779. The van der Waals surface area contributed by atoms with E-state index in [1.165, 1.54) is 11.3 Å². The van der Waals surface area contributed by atoms with Crippen LogP contribution in [0.5, 0.6) is 5.75 Å². The maximum absolute atomic E-state index is 11.6. The Bertz CT molecular complexity index is 657. The molecule has 0 saturated heterocycles. The van der Waals surface area contributed by atoms with Crippen LogP contribution in [0.3, 0.4) is 0 Å². The number of nitrogens with one attached hydrogen (secondary N) is 1. The summed E-state index contributed by atoms with van der Waals surface area (Å²) in [6.07, 6.45) is 0. The molecule has 1 N–H and O–H groups in total. The van der Waals surface area contributed by atoms with Crippen LogP contribution in [-0.4, -0.2) is 35.0 Å². The number of carbonyl (C=O) groups excluding carboxylic acids is 2. The number of fused-ring (bicyclic) bond motifs is 1. The Morgan fingerprint density at radius 3 is 2.95 bits per heavy atom. The molecule has 2 rings (SSSR count). The van der Waals surface area contributed by atoms with E-state index in [1.807, 2.05) is 25.1 Å². The molecule has 1 aromatic carbocycles. The standard InChI is InChI=1S/C13H14N2O4S2/c1-2-19-8-3-4-9-10(5-8)21-13(14-9)15-11(16)6-20-7-12(17)18/h3-5H,2,6-7H2,1H3,(H,17,18)(H,14,15,16)/p-1. The fraction of sp³-hybridized carbons (Fsp3) is 0.308.